The molecule has 2 aliphatic heterocycles. The van der Waals surface area contributed by atoms with E-state index < -0.39 is 0 Å². The quantitative estimate of drug-likeness (QED) is 0.833. The predicted molar refractivity (Wildman–Crippen MR) is 71.0 cm³/mol. The number of hydrogen-bond donors (Lipinski definition) is 1. The van der Waals surface area contributed by atoms with Gasteiger partial charge in [0.25, 0.3) is 5.91 Å². The first-order valence-electron chi connectivity index (χ1n) is 6.57. The van der Waals surface area contributed by atoms with Crippen LogP contribution in [0.25, 0.3) is 0 Å². The van der Waals surface area contributed by atoms with Gasteiger partial charge >= 0.3 is 0 Å². The number of amides is 2. The summed E-state index contributed by atoms with van der Waals surface area (Å²) in [6, 6.07) is 7.38. The van der Waals surface area contributed by atoms with Crippen molar-refractivity contribution in [2.45, 2.75) is 25.4 Å². The molecular formula is C14H16N2O3. The second-order valence-corrected chi connectivity index (χ2v) is 4.81. The van der Waals surface area contributed by atoms with Gasteiger partial charge in [-0.1, -0.05) is 12.1 Å². The van der Waals surface area contributed by atoms with Crippen LogP contribution in [0.15, 0.2) is 24.3 Å². The summed E-state index contributed by atoms with van der Waals surface area (Å²) in [6.07, 6.45) is 1.64. The molecule has 1 fully saturated rings. The maximum absolute atomic E-state index is 12.5. The number of rotatable bonds is 1. The summed E-state index contributed by atoms with van der Waals surface area (Å²) in [5.41, 5.74) is 1.45. The molecule has 5 heteroatoms. The van der Waals surface area contributed by atoms with Crippen LogP contribution in [0.5, 0.6) is 0 Å². The molecule has 100 valence electrons. The van der Waals surface area contributed by atoms with E-state index >= 15 is 0 Å². The van der Waals surface area contributed by atoms with Crippen molar-refractivity contribution < 1.29 is 14.3 Å². The average molecular weight is 260 g/mol. The van der Waals surface area contributed by atoms with E-state index in [1.165, 1.54) is 0 Å². The fourth-order valence-corrected chi connectivity index (χ4v) is 2.54. The molecule has 0 saturated carbocycles. The Bertz CT molecular complexity index is 509. The van der Waals surface area contributed by atoms with Gasteiger partial charge in [-0.25, -0.2) is 0 Å². The topological polar surface area (TPSA) is 58.6 Å². The Hall–Kier alpha value is -1.88. The summed E-state index contributed by atoms with van der Waals surface area (Å²) in [5.74, 6) is -0.100. The third-order valence-electron chi connectivity index (χ3n) is 3.50. The predicted octanol–water partition coefficient (Wildman–Crippen LogP) is 1.54. The number of ether oxygens (including phenoxy) is 1. The Balaban J connectivity index is 1.92. The minimum absolute atomic E-state index is 0.0403. The van der Waals surface area contributed by atoms with E-state index in [-0.39, 0.29) is 17.9 Å². The normalized spacial score (nSPS) is 22.6. The van der Waals surface area contributed by atoms with Crippen LogP contribution in [-0.2, 0) is 14.3 Å². The number of nitrogens with one attached hydrogen (secondary N) is 1. The average Bonchev–Trinajstić information content (AvgIpc) is 2.89. The minimum Gasteiger partial charge on any atom is -0.368 e. The Morgan fingerprint density at radius 2 is 2.21 bits per heavy atom. The molecule has 1 aromatic carbocycles. The summed E-state index contributed by atoms with van der Waals surface area (Å²) < 4.78 is 5.45. The molecule has 0 aliphatic carbocycles. The van der Waals surface area contributed by atoms with Crippen molar-refractivity contribution in [3.63, 3.8) is 0 Å². The first kappa shape index (κ1) is 12.2. The van der Waals surface area contributed by atoms with E-state index in [0.717, 1.165) is 18.5 Å². The van der Waals surface area contributed by atoms with Crippen molar-refractivity contribution in [3.8, 4) is 0 Å². The highest BCUT2D eigenvalue weighted by atomic mass is 16.5. The standard InChI is InChI=1S/C14H16N2O3/c17-13-7-8-16(14(18)12-6-3-9-19-12)11-5-2-1-4-10(11)15-13/h1-2,4-5,12H,3,6-9H2,(H,15,17)/t12-/m0/s1. The molecule has 1 saturated heterocycles. The second kappa shape index (κ2) is 5.01. The van der Waals surface area contributed by atoms with E-state index in [4.69, 9.17) is 4.74 Å². The molecule has 2 heterocycles. The van der Waals surface area contributed by atoms with Gasteiger partial charge in [0.15, 0.2) is 0 Å². The molecule has 0 unspecified atom stereocenters. The second-order valence-electron chi connectivity index (χ2n) is 4.81. The highest BCUT2D eigenvalue weighted by Gasteiger charge is 2.31. The molecule has 1 N–H and O–H groups in total. The van der Waals surface area contributed by atoms with Crippen LogP contribution in [0, 0.1) is 0 Å². The van der Waals surface area contributed by atoms with E-state index in [0.29, 0.717) is 25.3 Å². The van der Waals surface area contributed by atoms with Crippen molar-refractivity contribution in [3.05, 3.63) is 24.3 Å². The van der Waals surface area contributed by atoms with Gasteiger partial charge in [-0.15, -0.1) is 0 Å². The van der Waals surface area contributed by atoms with Gasteiger partial charge in [-0.2, -0.15) is 0 Å². The zero-order chi connectivity index (χ0) is 13.2. The van der Waals surface area contributed by atoms with Crippen LogP contribution < -0.4 is 10.2 Å². The van der Waals surface area contributed by atoms with Gasteiger partial charge in [0.2, 0.25) is 5.91 Å². The fraction of sp³-hybridized carbons (Fsp3) is 0.429. The van der Waals surface area contributed by atoms with E-state index in [2.05, 4.69) is 5.32 Å². The monoisotopic (exact) mass is 260 g/mol. The molecule has 0 aromatic heterocycles. The molecule has 1 atom stereocenters. The maximum Gasteiger partial charge on any atom is 0.256 e. The van der Waals surface area contributed by atoms with Crippen molar-refractivity contribution >= 4 is 23.2 Å². The number of carbonyl (C=O) groups is 2. The lowest BCUT2D eigenvalue weighted by Crippen LogP contribution is -2.39. The highest BCUT2D eigenvalue weighted by molar-refractivity contribution is 6.05. The summed E-state index contributed by atoms with van der Waals surface area (Å²) in [4.78, 5) is 25.8. The SMILES string of the molecule is O=C1CCN(C(=O)[C@@H]2CCCO2)c2ccccc2N1. The third kappa shape index (κ3) is 2.33. The molecule has 3 rings (SSSR count). The van der Waals surface area contributed by atoms with Crippen LogP contribution in [-0.4, -0.2) is 31.1 Å². The zero-order valence-corrected chi connectivity index (χ0v) is 10.6. The number of para-hydroxylation sites is 2. The van der Waals surface area contributed by atoms with E-state index in [9.17, 15) is 9.59 Å². The van der Waals surface area contributed by atoms with Crippen molar-refractivity contribution in [2.24, 2.45) is 0 Å². The number of fused-ring (bicyclic) bond motifs is 1. The lowest BCUT2D eigenvalue weighted by atomic mass is 10.2. The van der Waals surface area contributed by atoms with E-state index in [1.54, 1.807) is 4.90 Å². The largest absolute Gasteiger partial charge is 0.368 e. The Labute approximate surface area is 111 Å². The Morgan fingerprint density at radius 3 is 3.00 bits per heavy atom. The molecule has 0 radical (unpaired) electrons. The summed E-state index contributed by atoms with van der Waals surface area (Å²) in [7, 11) is 0. The maximum atomic E-state index is 12.5. The first-order chi connectivity index (χ1) is 9.25. The molecular weight excluding hydrogens is 244 g/mol. The van der Waals surface area contributed by atoms with Crippen LogP contribution in [0.4, 0.5) is 11.4 Å². The van der Waals surface area contributed by atoms with Crippen LogP contribution in [0.3, 0.4) is 0 Å². The molecule has 1 aromatic rings. The van der Waals surface area contributed by atoms with Crippen LogP contribution in [0.2, 0.25) is 0 Å². The molecule has 5 nitrogen and oxygen atoms in total. The van der Waals surface area contributed by atoms with Gasteiger partial charge in [0.05, 0.1) is 11.4 Å². The van der Waals surface area contributed by atoms with Gasteiger partial charge < -0.3 is 15.0 Å². The smallest absolute Gasteiger partial charge is 0.256 e. The van der Waals surface area contributed by atoms with Crippen molar-refractivity contribution in [1.82, 2.24) is 0 Å². The van der Waals surface area contributed by atoms with Gasteiger partial charge in [0.1, 0.15) is 6.10 Å². The highest BCUT2D eigenvalue weighted by Crippen LogP contribution is 2.30. The summed E-state index contributed by atoms with van der Waals surface area (Å²) in [5, 5.41) is 2.82. The molecule has 0 spiro atoms. The molecule has 2 aliphatic rings. The number of hydrogen-bond acceptors (Lipinski definition) is 3. The number of anilines is 2. The lowest BCUT2D eigenvalue weighted by Gasteiger charge is -2.24. The van der Waals surface area contributed by atoms with Crippen molar-refractivity contribution in [1.29, 1.82) is 0 Å². The number of carbonyl (C=O) groups excluding carboxylic acids is 2. The number of benzene rings is 1. The van der Waals surface area contributed by atoms with Gasteiger partial charge in [0, 0.05) is 19.6 Å². The molecule has 0 bridgehead atoms. The Kier molecular flexibility index (Phi) is 3.21. The summed E-state index contributed by atoms with van der Waals surface area (Å²) >= 11 is 0. The number of nitrogens with zero attached hydrogens (tertiary/aromatic N) is 1. The van der Waals surface area contributed by atoms with Crippen LogP contribution in [0.1, 0.15) is 19.3 Å². The first-order valence-corrected chi connectivity index (χ1v) is 6.57. The molecule has 2 amide bonds. The Morgan fingerprint density at radius 1 is 1.37 bits per heavy atom. The van der Waals surface area contributed by atoms with Crippen molar-refractivity contribution in [2.75, 3.05) is 23.4 Å². The fourth-order valence-electron chi connectivity index (χ4n) is 2.54. The van der Waals surface area contributed by atoms with Crippen LogP contribution >= 0.6 is 0 Å². The van der Waals surface area contributed by atoms with E-state index in [1.807, 2.05) is 24.3 Å². The van der Waals surface area contributed by atoms with Gasteiger partial charge in [-0.05, 0) is 25.0 Å². The lowest BCUT2D eigenvalue weighted by molar-refractivity contribution is -0.127. The third-order valence-corrected chi connectivity index (χ3v) is 3.50. The van der Waals surface area contributed by atoms with Gasteiger partial charge in [-0.3, -0.25) is 9.59 Å². The summed E-state index contributed by atoms with van der Waals surface area (Å²) in [6.45, 7) is 1.05. The minimum atomic E-state index is -0.360. The molecule has 19 heavy (non-hydrogen) atoms. The zero-order valence-electron chi connectivity index (χ0n) is 10.6.